The fraction of sp³-hybridized carbons (Fsp3) is 0.154. The van der Waals surface area contributed by atoms with E-state index in [1.165, 1.54) is 6.08 Å². The minimum Gasteiger partial charge on any atom is -0.277 e. The summed E-state index contributed by atoms with van der Waals surface area (Å²) >= 11 is 3.29. The number of hydrogen-bond donors (Lipinski definition) is 2. The van der Waals surface area contributed by atoms with Gasteiger partial charge in [0.15, 0.2) is 5.41 Å². The Morgan fingerprint density at radius 2 is 1.63 bits per heavy atom. The number of allylic oxidation sites excluding steroid dienone is 1. The number of imide groups is 2. The average molecular weight is 323 g/mol. The zero-order valence-corrected chi connectivity index (χ0v) is 11.5. The van der Waals surface area contributed by atoms with Crippen molar-refractivity contribution >= 4 is 33.8 Å². The van der Waals surface area contributed by atoms with Gasteiger partial charge in [-0.05, 0) is 24.1 Å². The van der Waals surface area contributed by atoms with Crippen LogP contribution in [0.2, 0.25) is 0 Å². The molecule has 1 aromatic rings. The minimum absolute atomic E-state index is 0.111. The van der Waals surface area contributed by atoms with Gasteiger partial charge in [0.2, 0.25) is 11.8 Å². The molecule has 0 spiro atoms. The quantitative estimate of drug-likeness (QED) is 0.656. The number of hydrogen-bond acceptors (Lipinski definition) is 3. The number of carbonyl (C=O) groups excluding carboxylic acids is 3. The fourth-order valence-corrected chi connectivity index (χ4v) is 2.33. The molecule has 6 heteroatoms. The van der Waals surface area contributed by atoms with E-state index in [0.29, 0.717) is 5.56 Å². The Kier molecular flexibility index (Phi) is 3.53. The molecule has 2 rings (SSSR count). The molecule has 19 heavy (non-hydrogen) atoms. The number of carbonyl (C=O) groups is 3. The lowest BCUT2D eigenvalue weighted by Crippen LogP contribution is -2.64. The highest BCUT2D eigenvalue weighted by molar-refractivity contribution is 9.10. The van der Waals surface area contributed by atoms with E-state index >= 15 is 0 Å². The normalized spacial score (nSPS) is 17.6. The van der Waals surface area contributed by atoms with Crippen molar-refractivity contribution in [2.75, 3.05) is 0 Å². The van der Waals surface area contributed by atoms with E-state index in [1.807, 2.05) is 0 Å². The molecule has 1 fully saturated rings. The monoisotopic (exact) mass is 322 g/mol. The van der Waals surface area contributed by atoms with E-state index in [0.717, 1.165) is 4.47 Å². The smallest absolute Gasteiger partial charge is 0.277 e. The van der Waals surface area contributed by atoms with Crippen molar-refractivity contribution < 1.29 is 14.4 Å². The Bertz CT molecular complexity index is 546. The topological polar surface area (TPSA) is 75.3 Å². The third-order valence-electron chi connectivity index (χ3n) is 3.02. The largest absolute Gasteiger partial charge is 0.328 e. The lowest BCUT2D eigenvalue weighted by Gasteiger charge is -2.33. The van der Waals surface area contributed by atoms with Crippen LogP contribution in [0.5, 0.6) is 0 Å². The Morgan fingerprint density at radius 1 is 1.11 bits per heavy atom. The molecule has 1 aliphatic rings. The molecule has 0 radical (unpaired) electrons. The molecular formula is C13H11BrN2O3. The van der Waals surface area contributed by atoms with Crippen LogP contribution in [0, 0.1) is 0 Å². The van der Waals surface area contributed by atoms with Crippen molar-refractivity contribution in [1.82, 2.24) is 10.6 Å². The highest BCUT2D eigenvalue weighted by atomic mass is 79.9. The van der Waals surface area contributed by atoms with Gasteiger partial charge in [0.1, 0.15) is 0 Å². The highest BCUT2D eigenvalue weighted by Gasteiger charge is 2.50. The van der Waals surface area contributed by atoms with Crippen molar-refractivity contribution in [3.8, 4) is 0 Å². The lowest BCUT2D eigenvalue weighted by molar-refractivity contribution is -0.138. The van der Waals surface area contributed by atoms with Gasteiger partial charge >= 0.3 is 6.03 Å². The van der Waals surface area contributed by atoms with Crippen LogP contribution >= 0.6 is 15.9 Å². The van der Waals surface area contributed by atoms with E-state index in [-0.39, 0.29) is 6.42 Å². The molecule has 98 valence electrons. The molecule has 1 saturated heterocycles. The first-order valence-corrected chi connectivity index (χ1v) is 6.34. The van der Waals surface area contributed by atoms with Gasteiger partial charge in [0, 0.05) is 4.47 Å². The summed E-state index contributed by atoms with van der Waals surface area (Å²) in [7, 11) is 0. The van der Waals surface area contributed by atoms with Gasteiger partial charge in [-0.3, -0.25) is 20.2 Å². The molecule has 0 unspecified atom stereocenters. The molecule has 2 N–H and O–H groups in total. The summed E-state index contributed by atoms with van der Waals surface area (Å²) in [6.07, 6.45) is 1.59. The second-order valence-electron chi connectivity index (χ2n) is 4.14. The molecule has 5 nitrogen and oxygen atoms in total. The molecule has 0 aliphatic carbocycles. The van der Waals surface area contributed by atoms with Gasteiger partial charge in [-0.1, -0.05) is 34.1 Å². The van der Waals surface area contributed by atoms with Crippen molar-refractivity contribution in [3.05, 3.63) is 47.0 Å². The van der Waals surface area contributed by atoms with Crippen LogP contribution in [0.15, 0.2) is 41.4 Å². The molecule has 0 aromatic heterocycles. The predicted molar refractivity (Wildman–Crippen MR) is 72.3 cm³/mol. The van der Waals surface area contributed by atoms with E-state index in [2.05, 4.69) is 33.1 Å². The van der Waals surface area contributed by atoms with Gasteiger partial charge in [-0.2, -0.15) is 0 Å². The van der Waals surface area contributed by atoms with Crippen LogP contribution in [-0.4, -0.2) is 17.8 Å². The first kappa shape index (κ1) is 13.5. The van der Waals surface area contributed by atoms with Crippen LogP contribution < -0.4 is 10.6 Å². The van der Waals surface area contributed by atoms with Gasteiger partial charge in [-0.15, -0.1) is 6.58 Å². The zero-order chi connectivity index (χ0) is 14.0. The maximum absolute atomic E-state index is 12.2. The van der Waals surface area contributed by atoms with E-state index in [4.69, 9.17) is 0 Å². The summed E-state index contributed by atoms with van der Waals surface area (Å²) in [6.45, 7) is 3.58. The predicted octanol–water partition coefficient (Wildman–Crippen LogP) is 1.63. The molecular weight excluding hydrogens is 312 g/mol. The van der Waals surface area contributed by atoms with Crippen LogP contribution in [0.25, 0.3) is 0 Å². The molecule has 0 saturated carbocycles. The maximum Gasteiger partial charge on any atom is 0.328 e. The van der Waals surface area contributed by atoms with Gasteiger partial charge in [0.05, 0.1) is 0 Å². The molecule has 0 atom stereocenters. The number of barbiturate groups is 1. The Morgan fingerprint density at radius 3 is 2.11 bits per heavy atom. The number of benzene rings is 1. The maximum atomic E-state index is 12.2. The summed E-state index contributed by atoms with van der Waals surface area (Å²) in [5, 5.41) is 4.26. The average Bonchev–Trinajstić information content (AvgIpc) is 2.35. The van der Waals surface area contributed by atoms with Crippen molar-refractivity contribution in [2.45, 2.75) is 11.8 Å². The van der Waals surface area contributed by atoms with Crippen LogP contribution in [0.4, 0.5) is 4.79 Å². The second kappa shape index (κ2) is 4.97. The molecule has 4 amide bonds. The lowest BCUT2D eigenvalue weighted by atomic mass is 9.75. The number of amides is 4. The fourth-order valence-electron chi connectivity index (χ4n) is 2.07. The number of nitrogens with one attached hydrogen (secondary N) is 2. The van der Waals surface area contributed by atoms with E-state index < -0.39 is 23.3 Å². The van der Waals surface area contributed by atoms with Crippen LogP contribution in [0.1, 0.15) is 12.0 Å². The zero-order valence-electron chi connectivity index (χ0n) is 9.90. The molecule has 1 aliphatic heterocycles. The minimum atomic E-state index is -1.45. The Hall–Kier alpha value is -1.95. The molecule has 1 aromatic carbocycles. The first-order chi connectivity index (χ1) is 9.00. The summed E-state index contributed by atoms with van der Waals surface area (Å²) in [4.78, 5) is 35.5. The summed E-state index contributed by atoms with van der Waals surface area (Å²) in [5.41, 5.74) is -0.936. The third-order valence-corrected chi connectivity index (χ3v) is 3.55. The first-order valence-electron chi connectivity index (χ1n) is 5.54. The van der Waals surface area contributed by atoms with Gasteiger partial charge in [-0.25, -0.2) is 4.79 Å². The standard InChI is InChI=1S/C13H11BrN2O3/c1-2-7-13(8-3-5-9(14)6-4-8)10(17)15-12(19)16-11(13)18/h2-6H,1,7H2,(H2,15,16,17,18,19). The van der Waals surface area contributed by atoms with Crippen LogP contribution in [-0.2, 0) is 15.0 Å². The summed E-state index contributed by atoms with van der Waals surface area (Å²) < 4.78 is 0.831. The van der Waals surface area contributed by atoms with Crippen molar-refractivity contribution in [3.63, 3.8) is 0 Å². The third kappa shape index (κ3) is 2.19. The number of urea groups is 1. The van der Waals surface area contributed by atoms with Crippen molar-refractivity contribution in [1.29, 1.82) is 0 Å². The van der Waals surface area contributed by atoms with Crippen LogP contribution in [0.3, 0.4) is 0 Å². The Balaban J connectivity index is 2.56. The molecule has 0 bridgehead atoms. The summed E-state index contributed by atoms with van der Waals surface area (Å²) in [5.74, 6) is -1.27. The number of rotatable bonds is 3. The number of halogens is 1. The van der Waals surface area contributed by atoms with Gasteiger partial charge < -0.3 is 0 Å². The SMILES string of the molecule is C=CCC1(c2ccc(Br)cc2)C(=O)NC(=O)NC1=O. The second-order valence-corrected chi connectivity index (χ2v) is 5.06. The summed E-state index contributed by atoms with van der Waals surface area (Å²) in [6, 6.07) is 6.01. The molecule has 1 heterocycles. The van der Waals surface area contributed by atoms with Gasteiger partial charge in [0.25, 0.3) is 0 Å². The van der Waals surface area contributed by atoms with Crippen molar-refractivity contribution in [2.24, 2.45) is 0 Å². The highest BCUT2D eigenvalue weighted by Crippen LogP contribution is 2.32. The van der Waals surface area contributed by atoms with E-state index in [1.54, 1.807) is 24.3 Å². The van der Waals surface area contributed by atoms with E-state index in [9.17, 15) is 14.4 Å². The Labute approximate surface area is 118 Å².